The predicted octanol–water partition coefficient (Wildman–Crippen LogP) is 0.847. The zero-order valence-electron chi connectivity index (χ0n) is 6.23. The van der Waals surface area contributed by atoms with E-state index in [1.54, 1.807) is 0 Å². The Morgan fingerprint density at radius 2 is 2.36 bits per heavy atom. The average molecular weight is 153 g/mol. The molecule has 0 saturated heterocycles. The van der Waals surface area contributed by atoms with Gasteiger partial charge in [-0.3, -0.25) is 4.79 Å². The Hall–Kier alpha value is -1.25. The van der Waals surface area contributed by atoms with Crippen molar-refractivity contribution in [3.05, 3.63) is 24.4 Å². The van der Waals surface area contributed by atoms with Gasteiger partial charge in [-0.15, -0.1) is 0 Å². The SMILES string of the molecule is O=C(O)CCN1C=CC=CC1. The van der Waals surface area contributed by atoms with E-state index in [4.69, 9.17) is 5.11 Å². The third-order valence-corrected chi connectivity index (χ3v) is 1.50. The summed E-state index contributed by atoms with van der Waals surface area (Å²) in [5, 5.41) is 8.38. The first-order valence-electron chi connectivity index (χ1n) is 3.58. The number of hydrogen-bond donors (Lipinski definition) is 1. The Balaban J connectivity index is 2.22. The molecule has 0 spiro atoms. The maximum absolute atomic E-state index is 10.2. The van der Waals surface area contributed by atoms with E-state index in [2.05, 4.69) is 0 Å². The van der Waals surface area contributed by atoms with Crippen LogP contribution in [0.3, 0.4) is 0 Å². The molecular weight excluding hydrogens is 142 g/mol. The fraction of sp³-hybridized carbons (Fsp3) is 0.375. The summed E-state index contributed by atoms with van der Waals surface area (Å²) < 4.78 is 0. The van der Waals surface area contributed by atoms with Crippen LogP contribution in [0.2, 0.25) is 0 Å². The van der Waals surface area contributed by atoms with Gasteiger partial charge in [0.25, 0.3) is 0 Å². The molecule has 0 fully saturated rings. The van der Waals surface area contributed by atoms with E-state index >= 15 is 0 Å². The van der Waals surface area contributed by atoms with Gasteiger partial charge in [0.05, 0.1) is 6.42 Å². The molecule has 0 unspecified atom stereocenters. The minimum absolute atomic E-state index is 0.207. The Bertz CT molecular complexity index is 196. The van der Waals surface area contributed by atoms with E-state index in [0.29, 0.717) is 6.54 Å². The van der Waals surface area contributed by atoms with Gasteiger partial charge in [0, 0.05) is 13.1 Å². The minimum Gasteiger partial charge on any atom is -0.481 e. The first kappa shape index (κ1) is 7.85. The standard InChI is InChI=1S/C8H11NO2/c10-8(11)4-7-9-5-2-1-3-6-9/h1-3,5H,4,6-7H2,(H,10,11). The third kappa shape index (κ3) is 2.89. The van der Waals surface area contributed by atoms with Gasteiger partial charge in [-0.1, -0.05) is 12.2 Å². The molecule has 0 aromatic heterocycles. The Morgan fingerprint density at radius 3 is 2.91 bits per heavy atom. The summed E-state index contributed by atoms with van der Waals surface area (Å²) in [6, 6.07) is 0. The summed E-state index contributed by atoms with van der Waals surface area (Å²) in [6.07, 6.45) is 7.98. The van der Waals surface area contributed by atoms with Crippen molar-refractivity contribution in [3.63, 3.8) is 0 Å². The van der Waals surface area contributed by atoms with Crippen LogP contribution in [0.1, 0.15) is 6.42 Å². The maximum Gasteiger partial charge on any atom is 0.305 e. The summed E-state index contributed by atoms with van der Waals surface area (Å²) in [4.78, 5) is 12.1. The lowest BCUT2D eigenvalue weighted by molar-refractivity contribution is -0.137. The van der Waals surface area contributed by atoms with E-state index in [0.717, 1.165) is 6.54 Å². The van der Waals surface area contributed by atoms with Gasteiger partial charge in [-0.05, 0) is 12.3 Å². The van der Waals surface area contributed by atoms with Crippen LogP contribution in [-0.2, 0) is 4.79 Å². The Labute approximate surface area is 65.6 Å². The molecule has 3 heteroatoms. The second-order valence-electron chi connectivity index (χ2n) is 2.41. The number of nitrogens with zero attached hydrogens (tertiary/aromatic N) is 1. The largest absolute Gasteiger partial charge is 0.481 e. The second-order valence-corrected chi connectivity index (χ2v) is 2.41. The molecule has 0 saturated carbocycles. The van der Waals surface area contributed by atoms with Crippen LogP contribution in [0.15, 0.2) is 24.4 Å². The van der Waals surface area contributed by atoms with Crippen LogP contribution < -0.4 is 0 Å². The van der Waals surface area contributed by atoms with Crippen LogP contribution in [-0.4, -0.2) is 29.1 Å². The van der Waals surface area contributed by atoms with Crippen molar-refractivity contribution in [2.24, 2.45) is 0 Å². The summed E-state index contributed by atoms with van der Waals surface area (Å²) >= 11 is 0. The number of hydrogen-bond acceptors (Lipinski definition) is 2. The smallest absolute Gasteiger partial charge is 0.305 e. The number of carbonyl (C=O) groups is 1. The van der Waals surface area contributed by atoms with Crippen LogP contribution >= 0.6 is 0 Å². The van der Waals surface area contributed by atoms with Crippen LogP contribution in [0, 0.1) is 0 Å². The van der Waals surface area contributed by atoms with Gasteiger partial charge in [0.15, 0.2) is 0 Å². The van der Waals surface area contributed by atoms with Crippen molar-refractivity contribution < 1.29 is 9.90 Å². The van der Waals surface area contributed by atoms with Gasteiger partial charge in [0.2, 0.25) is 0 Å². The topological polar surface area (TPSA) is 40.5 Å². The van der Waals surface area contributed by atoms with E-state index in [-0.39, 0.29) is 6.42 Å². The molecule has 0 bridgehead atoms. The summed E-state index contributed by atoms with van der Waals surface area (Å²) in [6.45, 7) is 1.42. The van der Waals surface area contributed by atoms with Gasteiger partial charge in [-0.25, -0.2) is 0 Å². The average Bonchev–Trinajstić information content (AvgIpc) is 2.03. The first-order chi connectivity index (χ1) is 5.29. The van der Waals surface area contributed by atoms with Crippen molar-refractivity contribution in [1.29, 1.82) is 0 Å². The lowest BCUT2D eigenvalue weighted by Crippen LogP contribution is -2.21. The lowest BCUT2D eigenvalue weighted by Gasteiger charge is -2.18. The van der Waals surface area contributed by atoms with E-state index in [1.807, 2.05) is 29.3 Å². The molecule has 1 rings (SSSR count). The van der Waals surface area contributed by atoms with Gasteiger partial charge >= 0.3 is 5.97 Å². The van der Waals surface area contributed by atoms with Crippen LogP contribution in [0.5, 0.6) is 0 Å². The van der Waals surface area contributed by atoms with Gasteiger partial charge in [0.1, 0.15) is 0 Å². The Kier molecular flexibility index (Phi) is 2.72. The van der Waals surface area contributed by atoms with Crippen LogP contribution in [0.25, 0.3) is 0 Å². The fourth-order valence-corrected chi connectivity index (χ4v) is 0.912. The van der Waals surface area contributed by atoms with Crippen molar-refractivity contribution in [2.45, 2.75) is 6.42 Å². The molecule has 0 atom stereocenters. The number of aliphatic carboxylic acids is 1. The highest BCUT2D eigenvalue weighted by atomic mass is 16.4. The van der Waals surface area contributed by atoms with E-state index in [9.17, 15) is 4.79 Å². The quantitative estimate of drug-likeness (QED) is 0.653. The zero-order valence-corrected chi connectivity index (χ0v) is 6.23. The number of allylic oxidation sites excluding steroid dienone is 2. The van der Waals surface area contributed by atoms with Gasteiger partial charge in [-0.2, -0.15) is 0 Å². The van der Waals surface area contributed by atoms with Crippen molar-refractivity contribution in [2.75, 3.05) is 13.1 Å². The molecule has 0 aromatic rings. The highest BCUT2D eigenvalue weighted by Crippen LogP contribution is 1.98. The summed E-state index contributed by atoms with van der Waals surface area (Å²) in [5.41, 5.74) is 0. The molecule has 0 radical (unpaired) electrons. The lowest BCUT2D eigenvalue weighted by atomic mass is 10.3. The molecule has 3 nitrogen and oxygen atoms in total. The third-order valence-electron chi connectivity index (χ3n) is 1.50. The molecule has 1 aliphatic heterocycles. The molecule has 1 aliphatic rings. The number of carboxylic acid groups (broad SMARTS) is 1. The molecule has 1 N–H and O–H groups in total. The van der Waals surface area contributed by atoms with E-state index in [1.165, 1.54) is 0 Å². The maximum atomic E-state index is 10.2. The second kappa shape index (κ2) is 3.81. The molecule has 11 heavy (non-hydrogen) atoms. The molecule has 0 aromatic carbocycles. The fourth-order valence-electron chi connectivity index (χ4n) is 0.912. The highest BCUT2D eigenvalue weighted by molar-refractivity contribution is 5.66. The first-order valence-corrected chi connectivity index (χ1v) is 3.58. The molecule has 0 amide bonds. The van der Waals surface area contributed by atoms with Crippen LogP contribution in [0.4, 0.5) is 0 Å². The molecular formula is C8H11NO2. The van der Waals surface area contributed by atoms with Crippen molar-refractivity contribution in [1.82, 2.24) is 4.90 Å². The molecule has 0 aliphatic carbocycles. The number of rotatable bonds is 3. The van der Waals surface area contributed by atoms with Crippen molar-refractivity contribution in [3.8, 4) is 0 Å². The monoisotopic (exact) mass is 153 g/mol. The van der Waals surface area contributed by atoms with Crippen molar-refractivity contribution >= 4 is 5.97 Å². The zero-order chi connectivity index (χ0) is 8.10. The summed E-state index contributed by atoms with van der Waals surface area (Å²) in [7, 11) is 0. The molecule has 60 valence electrons. The predicted molar refractivity (Wildman–Crippen MR) is 42.1 cm³/mol. The van der Waals surface area contributed by atoms with E-state index < -0.39 is 5.97 Å². The normalized spacial score (nSPS) is 15.5. The minimum atomic E-state index is -0.743. The highest BCUT2D eigenvalue weighted by Gasteiger charge is 2.02. The Morgan fingerprint density at radius 1 is 1.55 bits per heavy atom. The molecule has 1 heterocycles. The van der Waals surface area contributed by atoms with Gasteiger partial charge < -0.3 is 10.0 Å². The summed E-state index contributed by atoms with van der Waals surface area (Å²) in [5.74, 6) is -0.743. The number of carboxylic acids is 1.